The minimum Gasteiger partial charge on any atom is -0.497 e. The van der Waals surface area contributed by atoms with Crippen LogP contribution in [0.3, 0.4) is 0 Å². The van der Waals surface area contributed by atoms with E-state index in [1.165, 1.54) is 0 Å². The second-order valence-corrected chi connectivity index (χ2v) is 5.37. The van der Waals surface area contributed by atoms with Crippen molar-refractivity contribution in [1.82, 2.24) is 9.97 Å². The fraction of sp³-hybridized carbons (Fsp3) is 0.333. The molecule has 1 aromatic heterocycles. The first-order valence-electron chi connectivity index (χ1n) is 6.55. The van der Waals surface area contributed by atoms with E-state index in [4.69, 9.17) is 4.74 Å². The topological polar surface area (TPSA) is 47.0 Å². The molecular formula is C15H19N3OS. The molecule has 5 heteroatoms. The number of rotatable bonds is 5. The summed E-state index contributed by atoms with van der Waals surface area (Å²) in [6, 6.07) is 7.99. The summed E-state index contributed by atoms with van der Waals surface area (Å²) in [6.07, 6.45) is 0.820. The van der Waals surface area contributed by atoms with Gasteiger partial charge in [-0.15, -0.1) is 0 Å². The number of hydrogen-bond donors (Lipinski definition) is 1. The number of nitrogens with one attached hydrogen (secondary N) is 1. The zero-order valence-electron chi connectivity index (χ0n) is 12.2. The molecule has 0 aliphatic heterocycles. The van der Waals surface area contributed by atoms with Gasteiger partial charge in [-0.2, -0.15) is 0 Å². The summed E-state index contributed by atoms with van der Waals surface area (Å²) in [5.74, 6) is 2.60. The van der Waals surface area contributed by atoms with Crippen molar-refractivity contribution in [3.8, 4) is 5.75 Å². The average Bonchev–Trinajstić information content (AvgIpc) is 2.49. The van der Waals surface area contributed by atoms with E-state index in [0.29, 0.717) is 0 Å². The van der Waals surface area contributed by atoms with Gasteiger partial charge in [0.25, 0.3) is 0 Å². The predicted molar refractivity (Wildman–Crippen MR) is 82.8 cm³/mol. The van der Waals surface area contributed by atoms with Gasteiger partial charge in [-0.05, 0) is 25.1 Å². The summed E-state index contributed by atoms with van der Waals surface area (Å²) in [4.78, 5) is 10.2. The summed E-state index contributed by atoms with van der Waals surface area (Å²) < 4.78 is 5.25. The van der Waals surface area contributed by atoms with Gasteiger partial charge in [-0.25, -0.2) is 9.97 Å². The summed E-state index contributed by atoms with van der Waals surface area (Å²) in [5.41, 5.74) is 1.07. The fourth-order valence-electron chi connectivity index (χ4n) is 1.82. The van der Waals surface area contributed by atoms with E-state index in [0.717, 1.165) is 39.3 Å². The van der Waals surface area contributed by atoms with Gasteiger partial charge in [0.1, 0.15) is 22.4 Å². The third kappa shape index (κ3) is 3.22. The Morgan fingerprint density at radius 2 is 2.10 bits per heavy atom. The van der Waals surface area contributed by atoms with E-state index in [1.54, 1.807) is 18.9 Å². The van der Waals surface area contributed by atoms with Crippen LogP contribution in [0.15, 0.2) is 34.2 Å². The molecule has 0 spiro atoms. The van der Waals surface area contributed by atoms with Crippen molar-refractivity contribution >= 4 is 17.6 Å². The van der Waals surface area contributed by atoms with Crippen molar-refractivity contribution in [2.45, 2.75) is 30.2 Å². The van der Waals surface area contributed by atoms with E-state index in [9.17, 15) is 0 Å². The molecule has 0 saturated heterocycles. The molecule has 2 rings (SSSR count). The second-order valence-electron chi connectivity index (χ2n) is 4.30. The van der Waals surface area contributed by atoms with Gasteiger partial charge in [0.05, 0.1) is 7.11 Å². The van der Waals surface area contributed by atoms with Crippen LogP contribution in [0.5, 0.6) is 5.75 Å². The number of anilines is 1. The minimum absolute atomic E-state index is 0.820. The summed E-state index contributed by atoms with van der Waals surface area (Å²) in [7, 11) is 3.56. The van der Waals surface area contributed by atoms with Crippen LogP contribution in [0.4, 0.5) is 5.82 Å². The van der Waals surface area contributed by atoms with Crippen LogP contribution < -0.4 is 10.1 Å². The molecule has 20 heavy (non-hydrogen) atoms. The van der Waals surface area contributed by atoms with Crippen LogP contribution in [-0.2, 0) is 6.42 Å². The fourth-order valence-corrected chi connectivity index (χ4v) is 2.76. The maximum absolute atomic E-state index is 5.25. The monoisotopic (exact) mass is 289 g/mol. The van der Waals surface area contributed by atoms with Gasteiger partial charge < -0.3 is 10.1 Å². The Hall–Kier alpha value is -1.75. The van der Waals surface area contributed by atoms with Gasteiger partial charge >= 0.3 is 0 Å². The molecule has 0 atom stereocenters. The molecule has 106 valence electrons. The normalized spacial score (nSPS) is 10.4. The molecular weight excluding hydrogens is 270 g/mol. The molecule has 1 heterocycles. The summed E-state index contributed by atoms with van der Waals surface area (Å²) in [6.45, 7) is 4.10. The highest BCUT2D eigenvalue weighted by molar-refractivity contribution is 7.99. The predicted octanol–water partition coefficient (Wildman–Crippen LogP) is 3.55. The van der Waals surface area contributed by atoms with Gasteiger partial charge in [-0.1, -0.05) is 24.8 Å². The van der Waals surface area contributed by atoms with E-state index >= 15 is 0 Å². The lowest BCUT2D eigenvalue weighted by Gasteiger charge is -2.11. The van der Waals surface area contributed by atoms with Crippen LogP contribution in [0.25, 0.3) is 0 Å². The third-order valence-electron chi connectivity index (χ3n) is 2.96. The Balaban J connectivity index is 2.36. The molecule has 0 amide bonds. The van der Waals surface area contributed by atoms with Crippen LogP contribution in [0, 0.1) is 6.92 Å². The molecule has 0 aliphatic carbocycles. The first kappa shape index (κ1) is 14.7. The molecule has 0 radical (unpaired) electrons. The van der Waals surface area contributed by atoms with Crippen molar-refractivity contribution in [2.75, 3.05) is 19.5 Å². The van der Waals surface area contributed by atoms with E-state index in [1.807, 2.05) is 32.2 Å². The van der Waals surface area contributed by atoms with Crippen molar-refractivity contribution < 1.29 is 4.74 Å². The molecule has 0 bridgehead atoms. The Kier molecular flexibility index (Phi) is 4.84. The van der Waals surface area contributed by atoms with Gasteiger partial charge in [0, 0.05) is 23.9 Å². The smallest absolute Gasteiger partial charge is 0.133 e. The standard InChI is InChI=1S/C15H19N3OS/c1-5-13-17-14(16-3)10(2)15(18-13)20-12-8-6-7-11(9-12)19-4/h6-9H,5H2,1-4H3,(H,16,17,18). The van der Waals surface area contributed by atoms with Crippen molar-refractivity contribution in [2.24, 2.45) is 0 Å². The molecule has 1 N–H and O–H groups in total. The number of aryl methyl sites for hydroxylation is 1. The van der Waals surface area contributed by atoms with Crippen molar-refractivity contribution in [3.63, 3.8) is 0 Å². The SMILES string of the molecule is CCc1nc(NC)c(C)c(Sc2cccc(OC)c2)n1. The zero-order chi connectivity index (χ0) is 14.5. The Morgan fingerprint density at radius 1 is 1.30 bits per heavy atom. The Bertz CT molecular complexity index is 602. The quantitative estimate of drug-likeness (QED) is 0.853. The maximum Gasteiger partial charge on any atom is 0.133 e. The van der Waals surface area contributed by atoms with Crippen molar-refractivity contribution in [3.05, 3.63) is 35.7 Å². The summed E-state index contributed by atoms with van der Waals surface area (Å²) >= 11 is 1.63. The lowest BCUT2D eigenvalue weighted by atomic mass is 10.3. The Labute approximate surface area is 124 Å². The number of methoxy groups -OCH3 is 1. The lowest BCUT2D eigenvalue weighted by molar-refractivity contribution is 0.413. The van der Waals surface area contributed by atoms with E-state index in [2.05, 4.69) is 28.3 Å². The van der Waals surface area contributed by atoms with Crippen LogP contribution >= 0.6 is 11.8 Å². The zero-order valence-corrected chi connectivity index (χ0v) is 13.0. The van der Waals surface area contributed by atoms with Gasteiger partial charge in [0.15, 0.2) is 0 Å². The van der Waals surface area contributed by atoms with E-state index in [-0.39, 0.29) is 0 Å². The molecule has 0 aliphatic rings. The average molecular weight is 289 g/mol. The minimum atomic E-state index is 0.820. The maximum atomic E-state index is 5.25. The number of hydrogen-bond acceptors (Lipinski definition) is 5. The van der Waals surface area contributed by atoms with Crippen LogP contribution in [-0.4, -0.2) is 24.1 Å². The van der Waals surface area contributed by atoms with Crippen LogP contribution in [0.1, 0.15) is 18.3 Å². The highest BCUT2D eigenvalue weighted by atomic mass is 32.2. The van der Waals surface area contributed by atoms with Crippen molar-refractivity contribution in [1.29, 1.82) is 0 Å². The van der Waals surface area contributed by atoms with Crippen LogP contribution in [0.2, 0.25) is 0 Å². The largest absolute Gasteiger partial charge is 0.497 e. The molecule has 0 unspecified atom stereocenters. The lowest BCUT2D eigenvalue weighted by Crippen LogP contribution is -2.04. The second kappa shape index (κ2) is 6.61. The van der Waals surface area contributed by atoms with E-state index < -0.39 is 0 Å². The first-order valence-corrected chi connectivity index (χ1v) is 7.36. The van der Waals surface area contributed by atoms with Gasteiger partial charge in [-0.3, -0.25) is 0 Å². The third-order valence-corrected chi connectivity index (χ3v) is 4.04. The van der Waals surface area contributed by atoms with Gasteiger partial charge in [0.2, 0.25) is 0 Å². The molecule has 4 nitrogen and oxygen atoms in total. The summed E-state index contributed by atoms with van der Waals surface area (Å²) in [5, 5.41) is 4.11. The number of benzene rings is 1. The molecule has 2 aromatic rings. The molecule has 0 fully saturated rings. The number of nitrogens with zero attached hydrogens (tertiary/aromatic N) is 2. The number of aromatic nitrogens is 2. The highest BCUT2D eigenvalue weighted by Gasteiger charge is 2.11. The molecule has 0 saturated carbocycles. The first-order chi connectivity index (χ1) is 9.67. The highest BCUT2D eigenvalue weighted by Crippen LogP contribution is 2.32. The number of ether oxygens (including phenoxy) is 1. The molecule has 1 aromatic carbocycles. The Morgan fingerprint density at radius 3 is 2.75 bits per heavy atom.